The van der Waals surface area contributed by atoms with E-state index >= 15 is 0 Å². The summed E-state index contributed by atoms with van der Waals surface area (Å²) < 4.78 is 9.32. The lowest BCUT2D eigenvalue weighted by Crippen LogP contribution is -2.07. The van der Waals surface area contributed by atoms with Crippen molar-refractivity contribution in [1.82, 2.24) is 24.4 Å². The van der Waals surface area contributed by atoms with Crippen LogP contribution >= 0.6 is 0 Å². The lowest BCUT2D eigenvalue weighted by molar-refractivity contribution is -0.111. The summed E-state index contributed by atoms with van der Waals surface area (Å²) >= 11 is 0. The maximum atomic E-state index is 11.5. The van der Waals surface area contributed by atoms with E-state index < -0.39 is 0 Å². The van der Waals surface area contributed by atoms with Crippen LogP contribution in [0.2, 0.25) is 0 Å². The molecule has 0 aliphatic heterocycles. The third-order valence-electron chi connectivity index (χ3n) is 3.81. The van der Waals surface area contributed by atoms with Crippen molar-refractivity contribution in [2.24, 2.45) is 7.05 Å². The summed E-state index contributed by atoms with van der Waals surface area (Å²) in [6.07, 6.45) is 4.82. The second-order valence-corrected chi connectivity index (χ2v) is 5.90. The highest BCUT2D eigenvalue weighted by Gasteiger charge is 2.11. The first-order chi connectivity index (χ1) is 13.6. The van der Waals surface area contributed by atoms with Crippen molar-refractivity contribution in [2.75, 3.05) is 10.6 Å². The number of nitrogens with zero attached hydrogens (tertiary/aromatic N) is 5. The second kappa shape index (κ2) is 7.23. The molecule has 0 fully saturated rings. The Bertz CT molecular complexity index is 1160. The molecule has 9 heteroatoms. The van der Waals surface area contributed by atoms with E-state index in [1.165, 1.54) is 6.08 Å². The molecule has 0 unspecified atom stereocenters. The molecule has 0 saturated carbocycles. The molecule has 9 nitrogen and oxygen atoms in total. The summed E-state index contributed by atoms with van der Waals surface area (Å²) in [5, 5.41) is 14.4. The molecule has 0 saturated heterocycles. The van der Waals surface area contributed by atoms with Gasteiger partial charge in [0.05, 0.1) is 0 Å². The first kappa shape index (κ1) is 17.3. The SMILES string of the molecule is C=CC(=O)Nc1cccc(Oc2nc(Nc3ccn(C)n3)nn3cccc23)c1. The van der Waals surface area contributed by atoms with Gasteiger partial charge in [0, 0.05) is 37.3 Å². The highest BCUT2D eigenvalue weighted by atomic mass is 16.5. The predicted molar refractivity (Wildman–Crippen MR) is 105 cm³/mol. The molecule has 1 amide bonds. The number of carbonyl (C=O) groups is 1. The van der Waals surface area contributed by atoms with Crippen LogP contribution < -0.4 is 15.4 Å². The Morgan fingerprint density at radius 1 is 1.18 bits per heavy atom. The molecule has 0 spiro atoms. The maximum absolute atomic E-state index is 11.5. The van der Waals surface area contributed by atoms with E-state index in [9.17, 15) is 4.79 Å². The van der Waals surface area contributed by atoms with Gasteiger partial charge in [-0.25, -0.2) is 4.52 Å². The molecule has 0 atom stereocenters. The van der Waals surface area contributed by atoms with Gasteiger partial charge < -0.3 is 15.4 Å². The standard InChI is InChI=1S/C19H17N7O2/c1-3-17(27)20-13-6-4-7-14(12-13)28-18-15-8-5-10-26(15)24-19(22-18)21-16-9-11-25(2)23-16/h3-12H,1H2,2H3,(H,20,27)(H,21,23,24). The van der Waals surface area contributed by atoms with Gasteiger partial charge in [0.1, 0.15) is 11.3 Å². The maximum Gasteiger partial charge on any atom is 0.249 e. The molecule has 3 heterocycles. The summed E-state index contributed by atoms with van der Waals surface area (Å²) in [6.45, 7) is 3.44. The summed E-state index contributed by atoms with van der Waals surface area (Å²) in [6, 6.07) is 12.5. The number of amides is 1. The lowest BCUT2D eigenvalue weighted by atomic mass is 10.3. The molecule has 0 aliphatic rings. The van der Waals surface area contributed by atoms with Crippen molar-refractivity contribution in [3.63, 3.8) is 0 Å². The van der Waals surface area contributed by atoms with E-state index in [1.807, 2.05) is 31.4 Å². The zero-order valence-electron chi connectivity index (χ0n) is 15.0. The first-order valence-corrected chi connectivity index (χ1v) is 8.44. The van der Waals surface area contributed by atoms with E-state index in [2.05, 4.69) is 32.4 Å². The monoisotopic (exact) mass is 375 g/mol. The van der Waals surface area contributed by atoms with Gasteiger partial charge in [-0.1, -0.05) is 12.6 Å². The van der Waals surface area contributed by atoms with Crippen LogP contribution in [0, 0.1) is 0 Å². The molecule has 3 aromatic heterocycles. The highest BCUT2D eigenvalue weighted by Crippen LogP contribution is 2.27. The fourth-order valence-electron chi connectivity index (χ4n) is 2.57. The minimum atomic E-state index is -0.296. The number of rotatable bonds is 6. The van der Waals surface area contributed by atoms with Crippen molar-refractivity contribution in [3.8, 4) is 11.6 Å². The van der Waals surface area contributed by atoms with Crippen LogP contribution in [0.25, 0.3) is 5.52 Å². The quantitative estimate of drug-likeness (QED) is 0.503. The average molecular weight is 375 g/mol. The van der Waals surface area contributed by atoms with Crippen LogP contribution in [-0.4, -0.2) is 30.3 Å². The van der Waals surface area contributed by atoms with Gasteiger partial charge in [-0.15, -0.1) is 5.10 Å². The summed E-state index contributed by atoms with van der Waals surface area (Å²) in [5.74, 6) is 1.55. The van der Waals surface area contributed by atoms with E-state index in [4.69, 9.17) is 4.74 Å². The number of aromatic nitrogens is 5. The van der Waals surface area contributed by atoms with Crippen LogP contribution in [0.15, 0.2) is 67.5 Å². The van der Waals surface area contributed by atoms with Gasteiger partial charge in [-0.2, -0.15) is 10.1 Å². The van der Waals surface area contributed by atoms with Crippen LogP contribution in [-0.2, 0) is 11.8 Å². The summed E-state index contributed by atoms with van der Waals surface area (Å²) in [5.41, 5.74) is 1.29. The van der Waals surface area contributed by atoms with Crippen molar-refractivity contribution in [3.05, 3.63) is 67.5 Å². The van der Waals surface area contributed by atoms with Gasteiger partial charge in [0.25, 0.3) is 0 Å². The molecule has 4 rings (SSSR count). The van der Waals surface area contributed by atoms with Crippen LogP contribution in [0.4, 0.5) is 17.5 Å². The third-order valence-corrected chi connectivity index (χ3v) is 3.81. The Labute approximate surface area is 160 Å². The molecule has 1 aromatic carbocycles. The van der Waals surface area contributed by atoms with Crippen LogP contribution in [0.3, 0.4) is 0 Å². The Morgan fingerprint density at radius 2 is 2.07 bits per heavy atom. The smallest absolute Gasteiger partial charge is 0.249 e. The lowest BCUT2D eigenvalue weighted by Gasteiger charge is -2.10. The van der Waals surface area contributed by atoms with Gasteiger partial charge in [0.15, 0.2) is 5.82 Å². The van der Waals surface area contributed by atoms with Crippen molar-refractivity contribution >= 4 is 28.9 Å². The second-order valence-electron chi connectivity index (χ2n) is 5.90. The minimum Gasteiger partial charge on any atom is -0.437 e. The Balaban J connectivity index is 1.64. The van der Waals surface area contributed by atoms with Crippen molar-refractivity contribution in [1.29, 1.82) is 0 Å². The Hall–Kier alpha value is -4.14. The zero-order valence-corrected chi connectivity index (χ0v) is 15.0. The van der Waals surface area contributed by atoms with E-state index in [0.717, 1.165) is 0 Å². The van der Waals surface area contributed by atoms with Gasteiger partial charge >= 0.3 is 0 Å². The largest absolute Gasteiger partial charge is 0.437 e. The number of aryl methyl sites for hydroxylation is 1. The van der Waals surface area contributed by atoms with E-state index in [-0.39, 0.29) is 5.91 Å². The molecule has 0 aliphatic carbocycles. The van der Waals surface area contributed by atoms with E-state index in [1.54, 1.807) is 39.7 Å². The van der Waals surface area contributed by atoms with Crippen LogP contribution in [0.1, 0.15) is 0 Å². The predicted octanol–water partition coefficient (Wildman–Crippen LogP) is 3.12. The highest BCUT2D eigenvalue weighted by molar-refractivity contribution is 5.98. The number of nitrogens with one attached hydrogen (secondary N) is 2. The molecule has 0 radical (unpaired) electrons. The number of carbonyl (C=O) groups excluding carboxylic acids is 1. The molecule has 28 heavy (non-hydrogen) atoms. The topological polar surface area (TPSA) is 98.4 Å². The zero-order chi connectivity index (χ0) is 19.5. The average Bonchev–Trinajstić information content (AvgIpc) is 3.31. The number of hydrogen-bond acceptors (Lipinski definition) is 6. The fraction of sp³-hybridized carbons (Fsp3) is 0.0526. The Kier molecular flexibility index (Phi) is 4.47. The number of fused-ring (bicyclic) bond motifs is 1. The third kappa shape index (κ3) is 3.68. The van der Waals surface area contributed by atoms with Gasteiger partial charge in [0.2, 0.25) is 17.7 Å². The normalized spacial score (nSPS) is 10.6. The molecule has 2 N–H and O–H groups in total. The number of benzene rings is 1. The molecule has 4 aromatic rings. The van der Waals surface area contributed by atoms with Crippen LogP contribution in [0.5, 0.6) is 11.6 Å². The first-order valence-electron chi connectivity index (χ1n) is 8.44. The number of ether oxygens (including phenoxy) is 1. The molecular weight excluding hydrogens is 358 g/mol. The van der Waals surface area contributed by atoms with Gasteiger partial charge in [-0.05, 0) is 30.3 Å². The Morgan fingerprint density at radius 3 is 2.86 bits per heavy atom. The molecule has 0 bridgehead atoms. The van der Waals surface area contributed by atoms with Crippen molar-refractivity contribution in [2.45, 2.75) is 0 Å². The minimum absolute atomic E-state index is 0.296. The summed E-state index contributed by atoms with van der Waals surface area (Å²) in [4.78, 5) is 16.0. The van der Waals surface area contributed by atoms with Crippen molar-refractivity contribution < 1.29 is 9.53 Å². The van der Waals surface area contributed by atoms with E-state index in [0.29, 0.717) is 34.6 Å². The number of anilines is 3. The molecular formula is C19H17N7O2. The summed E-state index contributed by atoms with van der Waals surface area (Å²) in [7, 11) is 1.83. The number of hydrogen-bond donors (Lipinski definition) is 2. The van der Waals surface area contributed by atoms with Gasteiger partial charge in [-0.3, -0.25) is 9.48 Å². The molecule has 140 valence electrons. The fourth-order valence-corrected chi connectivity index (χ4v) is 2.57.